The van der Waals surface area contributed by atoms with Gasteiger partial charge in [0.1, 0.15) is 0 Å². The van der Waals surface area contributed by atoms with E-state index in [1.54, 1.807) is 0 Å². The van der Waals surface area contributed by atoms with Gasteiger partial charge in [0, 0.05) is 0 Å². The highest BCUT2D eigenvalue weighted by Gasteiger charge is 2.40. The molecule has 0 bridgehead atoms. The third kappa shape index (κ3) is 2.41. The van der Waals surface area contributed by atoms with Crippen molar-refractivity contribution in [3.8, 4) is 0 Å². The van der Waals surface area contributed by atoms with Crippen LogP contribution in [0.3, 0.4) is 0 Å². The fraction of sp³-hybridized carbons (Fsp3) is 0.929. The number of rotatable bonds is 4. The SMILES string of the molecule is CCCC1CCC(C(=O)O)C(C2CCC2)C1. The van der Waals surface area contributed by atoms with E-state index in [1.807, 2.05) is 0 Å². The van der Waals surface area contributed by atoms with Crippen molar-refractivity contribution in [2.45, 2.75) is 58.3 Å². The lowest BCUT2D eigenvalue weighted by molar-refractivity contribution is -0.147. The van der Waals surface area contributed by atoms with Gasteiger partial charge in [-0.05, 0) is 37.0 Å². The molecular weight excluding hydrogens is 200 g/mol. The molecule has 0 spiro atoms. The summed E-state index contributed by atoms with van der Waals surface area (Å²) in [6, 6.07) is 0. The van der Waals surface area contributed by atoms with Crippen LogP contribution in [0.4, 0.5) is 0 Å². The molecule has 0 saturated heterocycles. The Hall–Kier alpha value is -0.530. The summed E-state index contributed by atoms with van der Waals surface area (Å²) >= 11 is 0. The molecule has 0 aliphatic heterocycles. The zero-order chi connectivity index (χ0) is 11.5. The van der Waals surface area contributed by atoms with Crippen LogP contribution in [0, 0.1) is 23.7 Å². The molecule has 2 heteroatoms. The summed E-state index contributed by atoms with van der Waals surface area (Å²) in [5.74, 6) is 1.48. The maximum atomic E-state index is 11.3. The highest BCUT2D eigenvalue weighted by Crippen LogP contribution is 2.46. The van der Waals surface area contributed by atoms with Crippen molar-refractivity contribution in [2.75, 3.05) is 0 Å². The smallest absolute Gasteiger partial charge is 0.306 e. The third-order valence-corrected chi connectivity index (χ3v) is 4.78. The Kier molecular flexibility index (Phi) is 3.88. The minimum atomic E-state index is -0.535. The van der Waals surface area contributed by atoms with E-state index in [9.17, 15) is 9.90 Å². The van der Waals surface area contributed by atoms with Crippen LogP contribution in [0.1, 0.15) is 58.3 Å². The first kappa shape index (κ1) is 11.9. The van der Waals surface area contributed by atoms with Gasteiger partial charge in [-0.3, -0.25) is 4.79 Å². The molecule has 0 radical (unpaired) electrons. The molecule has 92 valence electrons. The van der Waals surface area contributed by atoms with Crippen molar-refractivity contribution < 1.29 is 9.90 Å². The Morgan fingerprint density at radius 3 is 2.50 bits per heavy atom. The van der Waals surface area contributed by atoms with Crippen LogP contribution in [-0.4, -0.2) is 11.1 Å². The van der Waals surface area contributed by atoms with Crippen molar-refractivity contribution in [1.29, 1.82) is 0 Å². The van der Waals surface area contributed by atoms with Crippen molar-refractivity contribution >= 4 is 5.97 Å². The summed E-state index contributed by atoms with van der Waals surface area (Å²) in [5.41, 5.74) is 0. The highest BCUT2D eigenvalue weighted by atomic mass is 16.4. The fourth-order valence-corrected chi connectivity index (χ4v) is 3.66. The predicted molar refractivity (Wildman–Crippen MR) is 64.2 cm³/mol. The van der Waals surface area contributed by atoms with E-state index in [-0.39, 0.29) is 5.92 Å². The van der Waals surface area contributed by atoms with Crippen molar-refractivity contribution in [3.05, 3.63) is 0 Å². The molecule has 3 unspecified atom stereocenters. The molecule has 2 nitrogen and oxygen atoms in total. The molecule has 2 saturated carbocycles. The van der Waals surface area contributed by atoms with E-state index < -0.39 is 5.97 Å². The average Bonchev–Trinajstić information content (AvgIpc) is 2.15. The second-order valence-electron chi connectivity index (χ2n) is 5.77. The average molecular weight is 224 g/mol. The topological polar surface area (TPSA) is 37.3 Å². The summed E-state index contributed by atoms with van der Waals surface area (Å²) in [7, 11) is 0. The lowest BCUT2D eigenvalue weighted by atomic mass is 9.62. The van der Waals surface area contributed by atoms with Gasteiger partial charge >= 0.3 is 5.97 Å². The summed E-state index contributed by atoms with van der Waals surface area (Å²) in [5, 5.41) is 9.29. The zero-order valence-electron chi connectivity index (χ0n) is 10.3. The van der Waals surface area contributed by atoms with E-state index in [0.29, 0.717) is 5.92 Å². The van der Waals surface area contributed by atoms with E-state index in [4.69, 9.17) is 0 Å². The molecule has 0 amide bonds. The van der Waals surface area contributed by atoms with Gasteiger partial charge in [-0.25, -0.2) is 0 Å². The lowest BCUT2D eigenvalue weighted by Crippen LogP contribution is -2.37. The minimum absolute atomic E-state index is 0.0293. The van der Waals surface area contributed by atoms with Crippen molar-refractivity contribution in [1.82, 2.24) is 0 Å². The summed E-state index contributed by atoms with van der Waals surface area (Å²) in [6.07, 6.45) is 9.71. The molecule has 2 fully saturated rings. The van der Waals surface area contributed by atoms with E-state index >= 15 is 0 Å². The monoisotopic (exact) mass is 224 g/mol. The van der Waals surface area contributed by atoms with Gasteiger partial charge in [0.25, 0.3) is 0 Å². The number of carboxylic acids is 1. The summed E-state index contributed by atoms with van der Waals surface area (Å²) < 4.78 is 0. The van der Waals surface area contributed by atoms with Gasteiger partial charge < -0.3 is 5.11 Å². The third-order valence-electron chi connectivity index (χ3n) is 4.78. The fourth-order valence-electron chi connectivity index (χ4n) is 3.66. The molecule has 2 rings (SSSR count). The van der Waals surface area contributed by atoms with Crippen LogP contribution < -0.4 is 0 Å². The van der Waals surface area contributed by atoms with Crippen LogP contribution >= 0.6 is 0 Å². The maximum absolute atomic E-state index is 11.3. The van der Waals surface area contributed by atoms with Crippen LogP contribution in [0.5, 0.6) is 0 Å². The highest BCUT2D eigenvalue weighted by molar-refractivity contribution is 5.70. The maximum Gasteiger partial charge on any atom is 0.306 e. The molecule has 0 aromatic rings. The Labute approximate surface area is 98.4 Å². The Morgan fingerprint density at radius 1 is 1.25 bits per heavy atom. The number of aliphatic carboxylic acids is 1. The molecule has 3 atom stereocenters. The van der Waals surface area contributed by atoms with Gasteiger partial charge in [-0.1, -0.05) is 39.0 Å². The predicted octanol–water partition coefficient (Wildman–Crippen LogP) is 3.70. The Bertz CT molecular complexity index is 245. The lowest BCUT2D eigenvalue weighted by Gasteiger charge is -2.42. The molecule has 0 aromatic heterocycles. The van der Waals surface area contributed by atoms with Crippen LogP contribution in [0.2, 0.25) is 0 Å². The van der Waals surface area contributed by atoms with Crippen molar-refractivity contribution in [2.24, 2.45) is 23.7 Å². The van der Waals surface area contributed by atoms with Crippen LogP contribution in [-0.2, 0) is 4.79 Å². The Morgan fingerprint density at radius 2 is 2.00 bits per heavy atom. The molecule has 0 aromatic carbocycles. The zero-order valence-corrected chi connectivity index (χ0v) is 10.3. The molecular formula is C14H24O2. The second-order valence-corrected chi connectivity index (χ2v) is 5.77. The molecule has 16 heavy (non-hydrogen) atoms. The standard InChI is InChI=1S/C14H24O2/c1-2-4-10-7-8-12(14(15)16)13(9-10)11-5-3-6-11/h10-13H,2-9H2,1H3,(H,15,16). The van der Waals surface area contributed by atoms with Gasteiger partial charge in [-0.2, -0.15) is 0 Å². The quantitative estimate of drug-likeness (QED) is 0.790. The van der Waals surface area contributed by atoms with Gasteiger partial charge in [-0.15, -0.1) is 0 Å². The summed E-state index contributed by atoms with van der Waals surface area (Å²) in [4.78, 5) is 11.3. The molecule has 0 heterocycles. The van der Waals surface area contributed by atoms with Gasteiger partial charge in [0.15, 0.2) is 0 Å². The summed E-state index contributed by atoms with van der Waals surface area (Å²) in [6.45, 7) is 2.24. The van der Waals surface area contributed by atoms with Crippen LogP contribution in [0.15, 0.2) is 0 Å². The Balaban J connectivity index is 1.97. The first-order chi connectivity index (χ1) is 7.72. The first-order valence-corrected chi connectivity index (χ1v) is 6.95. The number of hydrogen-bond donors (Lipinski definition) is 1. The van der Waals surface area contributed by atoms with E-state index in [0.717, 1.165) is 24.7 Å². The van der Waals surface area contributed by atoms with Crippen LogP contribution in [0.25, 0.3) is 0 Å². The largest absolute Gasteiger partial charge is 0.481 e. The number of carboxylic acid groups (broad SMARTS) is 1. The van der Waals surface area contributed by atoms with E-state index in [2.05, 4.69) is 6.92 Å². The number of carbonyl (C=O) groups is 1. The molecule has 1 N–H and O–H groups in total. The molecule has 2 aliphatic rings. The first-order valence-electron chi connectivity index (χ1n) is 6.95. The van der Waals surface area contributed by atoms with Crippen molar-refractivity contribution in [3.63, 3.8) is 0 Å². The van der Waals surface area contributed by atoms with E-state index in [1.165, 1.54) is 38.5 Å². The van der Waals surface area contributed by atoms with Gasteiger partial charge in [0.2, 0.25) is 0 Å². The minimum Gasteiger partial charge on any atom is -0.481 e. The normalized spacial score (nSPS) is 35.7. The number of hydrogen-bond acceptors (Lipinski definition) is 1. The second kappa shape index (κ2) is 5.20. The van der Waals surface area contributed by atoms with Gasteiger partial charge in [0.05, 0.1) is 5.92 Å². The molecule has 2 aliphatic carbocycles.